The Bertz CT molecular complexity index is 956. The molecule has 3 N–H and O–H groups in total. The van der Waals surface area contributed by atoms with Gasteiger partial charge in [0.1, 0.15) is 0 Å². The van der Waals surface area contributed by atoms with Gasteiger partial charge < -0.3 is 10.7 Å². The number of aromatic amines is 1. The van der Waals surface area contributed by atoms with Crippen molar-refractivity contribution in [1.82, 2.24) is 4.98 Å². The van der Waals surface area contributed by atoms with Gasteiger partial charge in [-0.15, -0.1) is 0 Å². The molecule has 3 nitrogen and oxygen atoms in total. The van der Waals surface area contributed by atoms with Crippen LogP contribution >= 0.6 is 0 Å². The van der Waals surface area contributed by atoms with E-state index in [1.54, 1.807) is 18.3 Å². The largest absolute Gasteiger partial charge is 0.398 e. The van der Waals surface area contributed by atoms with E-state index in [4.69, 9.17) is 5.73 Å². The van der Waals surface area contributed by atoms with E-state index in [2.05, 4.69) is 41.4 Å². The molecule has 4 aromatic rings. The number of fused-ring (bicyclic) bond motifs is 2. The Morgan fingerprint density at radius 1 is 0.727 bits per heavy atom. The van der Waals surface area contributed by atoms with E-state index >= 15 is 0 Å². The summed E-state index contributed by atoms with van der Waals surface area (Å²) in [6, 6.07) is 23.6. The first-order chi connectivity index (χ1) is 10.7. The van der Waals surface area contributed by atoms with E-state index in [0.29, 0.717) is 0 Å². The van der Waals surface area contributed by atoms with Crippen LogP contribution in [0.2, 0.25) is 0 Å². The van der Waals surface area contributed by atoms with Crippen LogP contribution in [0, 0.1) is 0 Å². The smallest absolute Gasteiger partial charge is 0.247 e. The molecular formula is C19H16N2O. The van der Waals surface area contributed by atoms with Crippen molar-refractivity contribution in [3.05, 3.63) is 89.3 Å². The van der Waals surface area contributed by atoms with Crippen molar-refractivity contribution in [2.75, 3.05) is 5.73 Å². The molecule has 0 fully saturated rings. The van der Waals surface area contributed by atoms with Gasteiger partial charge in [0.2, 0.25) is 5.56 Å². The number of pyridine rings is 1. The van der Waals surface area contributed by atoms with Crippen LogP contribution in [0.15, 0.2) is 83.8 Å². The van der Waals surface area contributed by atoms with Gasteiger partial charge in [-0.2, -0.15) is 0 Å². The molecule has 0 aliphatic rings. The highest BCUT2D eigenvalue weighted by Crippen LogP contribution is 2.26. The lowest BCUT2D eigenvalue weighted by atomic mass is 10.0. The molecule has 0 radical (unpaired) electrons. The Morgan fingerprint density at radius 3 is 2.05 bits per heavy atom. The molecule has 1 heterocycles. The molecule has 0 saturated carbocycles. The molecule has 0 saturated heterocycles. The summed E-state index contributed by atoms with van der Waals surface area (Å²) in [6.07, 6.45) is 1.60. The third kappa shape index (κ3) is 2.99. The Morgan fingerprint density at radius 2 is 1.41 bits per heavy atom. The lowest BCUT2D eigenvalue weighted by Gasteiger charge is -2.04. The average Bonchev–Trinajstić information content (AvgIpc) is 2.55. The van der Waals surface area contributed by atoms with Crippen molar-refractivity contribution in [2.24, 2.45) is 0 Å². The first-order valence-electron chi connectivity index (χ1n) is 7.05. The second-order valence-corrected chi connectivity index (χ2v) is 4.99. The van der Waals surface area contributed by atoms with Crippen molar-refractivity contribution in [1.29, 1.82) is 0 Å². The lowest BCUT2D eigenvalue weighted by molar-refractivity contribution is 1.24. The van der Waals surface area contributed by atoms with Gasteiger partial charge in [-0.3, -0.25) is 4.79 Å². The zero-order chi connectivity index (χ0) is 15.4. The summed E-state index contributed by atoms with van der Waals surface area (Å²) >= 11 is 0. The van der Waals surface area contributed by atoms with Gasteiger partial charge in [-0.25, -0.2) is 0 Å². The van der Waals surface area contributed by atoms with E-state index in [1.165, 1.54) is 22.2 Å². The molecule has 0 spiro atoms. The number of hydrogen-bond donors (Lipinski definition) is 2. The Kier molecular flexibility index (Phi) is 3.88. The predicted octanol–water partition coefficient (Wildman–Crippen LogP) is 3.95. The quantitative estimate of drug-likeness (QED) is 0.380. The van der Waals surface area contributed by atoms with Crippen molar-refractivity contribution in [3.63, 3.8) is 0 Å². The van der Waals surface area contributed by atoms with Gasteiger partial charge >= 0.3 is 0 Å². The molecule has 108 valence electrons. The van der Waals surface area contributed by atoms with Gasteiger partial charge in [-0.05, 0) is 40.4 Å². The summed E-state index contributed by atoms with van der Waals surface area (Å²) in [4.78, 5) is 12.7. The van der Waals surface area contributed by atoms with Crippen LogP contribution in [0.1, 0.15) is 0 Å². The Hall–Kier alpha value is -3.07. The first kappa shape index (κ1) is 13.9. The minimum atomic E-state index is -0.0532. The zero-order valence-electron chi connectivity index (χ0n) is 12.0. The maximum absolute atomic E-state index is 10.2. The summed E-state index contributed by atoms with van der Waals surface area (Å²) in [5.74, 6) is 0. The minimum absolute atomic E-state index is 0.0532. The predicted molar refractivity (Wildman–Crippen MR) is 92.9 cm³/mol. The molecule has 0 aliphatic heterocycles. The van der Waals surface area contributed by atoms with Gasteiger partial charge in [0, 0.05) is 23.3 Å². The number of anilines is 1. The molecule has 0 atom stereocenters. The van der Waals surface area contributed by atoms with Crippen LogP contribution in [-0.2, 0) is 0 Å². The van der Waals surface area contributed by atoms with Crippen molar-refractivity contribution in [2.45, 2.75) is 0 Å². The summed E-state index contributed by atoms with van der Waals surface area (Å²) in [6.45, 7) is 0. The molecule has 0 aliphatic carbocycles. The molecular weight excluding hydrogens is 272 g/mol. The van der Waals surface area contributed by atoms with E-state index in [1.807, 2.05) is 18.2 Å². The monoisotopic (exact) mass is 288 g/mol. The summed E-state index contributed by atoms with van der Waals surface area (Å²) in [7, 11) is 0. The fourth-order valence-corrected chi connectivity index (χ4v) is 2.37. The Balaban J connectivity index is 0.000000174. The number of aromatic nitrogens is 1. The highest BCUT2D eigenvalue weighted by atomic mass is 16.1. The number of rotatable bonds is 0. The molecule has 0 unspecified atom stereocenters. The van der Waals surface area contributed by atoms with Crippen LogP contribution in [0.25, 0.3) is 21.5 Å². The third-order valence-corrected chi connectivity index (χ3v) is 3.46. The van der Waals surface area contributed by atoms with Gasteiger partial charge in [0.25, 0.3) is 0 Å². The number of nitrogens with one attached hydrogen (secondary N) is 1. The molecule has 22 heavy (non-hydrogen) atoms. The zero-order valence-corrected chi connectivity index (χ0v) is 12.0. The van der Waals surface area contributed by atoms with Crippen LogP contribution in [-0.4, -0.2) is 4.98 Å². The molecule has 0 amide bonds. The van der Waals surface area contributed by atoms with E-state index in [9.17, 15) is 4.79 Å². The standard InChI is InChI=1S/C14H11N.C5H5NO/c15-14-7-3-6-12-8-10-4-1-2-5-11(10)9-13(12)14;7-5-3-1-2-4-6-5/h1-9H,15H2;1-4H,(H,6,7). The maximum atomic E-state index is 10.2. The summed E-state index contributed by atoms with van der Waals surface area (Å²) in [5, 5.41) is 4.84. The van der Waals surface area contributed by atoms with Gasteiger partial charge in [0.15, 0.2) is 0 Å². The average molecular weight is 288 g/mol. The summed E-state index contributed by atoms with van der Waals surface area (Å²) in [5.41, 5.74) is 6.74. The molecule has 0 bridgehead atoms. The number of benzene rings is 3. The third-order valence-electron chi connectivity index (χ3n) is 3.46. The molecule has 4 rings (SSSR count). The maximum Gasteiger partial charge on any atom is 0.247 e. The van der Waals surface area contributed by atoms with E-state index in [-0.39, 0.29) is 5.56 Å². The molecule has 1 aromatic heterocycles. The van der Waals surface area contributed by atoms with Crippen LogP contribution in [0.5, 0.6) is 0 Å². The molecule has 3 heteroatoms. The highest BCUT2D eigenvalue weighted by Gasteiger charge is 1.99. The van der Waals surface area contributed by atoms with Crippen molar-refractivity contribution in [3.8, 4) is 0 Å². The van der Waals surface area contributed by atoms with E-state index in [0.717, 1.165) is 11.1 Å². The SMILES string of the molecule is Nc1cccc2cc3ccccc3cc12.O=c1cccc[nH]1. The molecule has 3 aromatic carbocycles. The highest BCUT2D eigenvalue weighted by molar-refractivity contribution is 6.03. The second-order valence-electron chi connectivity index (χ2n) is 4.99. The second kappa shape index (κ2) is 6.14. The van der Waals surface area contributed by atoms with Crippen molar-refractivity contribution < 1.29 is 0 Å². The first-order valence-corrected chi connectivity index (χ1v) is 7.05. The minimum Gasteiger partial charge on any atom is -0.398 e. The van der Waals surface area contributed by atoms with Gasteiger partial charge in [0.05, 0.1) is 0 Å². The number of nitrogens with two attached hydrogens (primary N) is 1. The number of nitrogen functional groups attached to an aromatic ring is 1. The van der Waals surface area contributed by atoms with Gasteiger partial charge in [-0.1, -0.05) is 42.5 Å². The van der Waals surface area contributed by atoms with Crippen molar-refractivity contribution >= 4 is 27.2 Å². The fraction of sp³-hybridized carbons (Fsp3) is 0. The van der Waals surface area contributed by atoms with E-state index < -0.39 is 0 Å². The Labute approximate surface area is 128 Å². The fourth-order valence-electron chi connectivity index (χ4n) is 2.37. The number of hydrogen-bond acceptors (Lipinski definition) is 2. The number of H-pyrrole nitrogens is 1. The van der Waals surface area contributed by atoms with Crippen LogP contribution in [0.4, 0.5) is 5.69 Å². The lowest BCUT2D eigenvalue weighted by Crippen LogP contribution is -1.98. The van der Waals surface area contributed by atoms with Crippen LogP contribution in [0.3, 0.4) is 0 Å². The topological polar surface area (TPSA) is 58.9 Å². The normalized spacial score (nSPS) is 10.2. The summed E-state index contributed by atoms with van der Waals surface area (Å²) < 4.78 is 0. The van der Waals surface area contributed by atoms with Crippen LogP contribution < -0.4 is 11.3 Å².